The molecule has 3 rings (SSSR count). The SMILES string of the molecule is Cn1nccc1-c1cc(N)c2cc(I)ccc2n1. The summed E-state index contributed by atoms with van der Waals surface area (Å²) in [5, 5.41) is 5.14. The second kappa shape index (κ2) is 4.24. The molecule has 0 bridgehead atoms. The molecule has 4 nitrogen and oxygen atoms in total. The van der Waals surface area contributed by atoms with Crippen molar-refractivity contribution in [3.63, 3.8) is 0 Å². The summed E-state index contributed by atoms with van der Waals surface area (Å²) in [6.45, 7) is 0. The molecule has 0 amide bonds. The van der Waals surface area contributed by atoms with Crippen molar-refractivity contribution < 1.29 is 0 Å². The molecule has 5 heteroatoms. The van der Waals surface area contributed by atoms with Gasteiger partial charge in [-0.3, -0.25) is 4.68 Å². The smallest absolute Gasteiger partial charge is 0.0911 e. The lowest BCUT2D eigenvalue weighted by Gasteiger charge is -2.07. The molecule has 0 fully saturated rings. The van der Waals surface area contributed by atoms with Gasteiger partial charge in [0.15, 0.2) is 0 Å². The Morgan fingerprint density at radius 3 is 2.78 bits per heavy atom. The monoisotopic (exact) mass is 350 g/mol. The van der Waals surface area contributed by atoms with Crippen molar-refractivity contribution in [3.05, 3.63) is 40.1 Å². The van der Waals surface area contributed by atoms with Gasteiger partial charge in [-0.2, -0.15) is 5.10 Å². The molecule has 0 atom stereocenters. The summed E-state index contributed by atoms with van der Waals surface area (Å²) in [4.78, 5) is 4.64. The highest BCUT2D eigenvalue weighted by Gasteiger charge is 2.08. The number of benzene rings is 1. The molecular weight excluding hydrogens is 339 g/mol. The molecule has 0 aliphatic rings. The van der Waals surface area contributed by atoms with Gasteiger partial charge in [0, 0.05) is 27.9 Å². The molecule has 3 aromatic rings. The number of halogens is 1. The van der Waals surface area contributed by atoms with Crippen LogP contribution in [0.3, 0.4) is 0 Å². The summed E-state index contributed by atoms with van der Waals surface area (Å²) in [5.41, 5.74) is 9.57. The van der Waals surface area contributed by atoms with E-state index in [0.717, 1.165) is 31.5 Å². The van der Waals surface area contributed by atoms with Crippen molar-refractivity contribution in [1.82, 2.24) is 14.8 Å². The number of nitrogens with zero attached hydrogens (tertiary/aromatic N) is 3. The standard InChI is InChI=1S/C13H11IN4/c1-18-13(4-5-16-18)12-7-10(15)9-6-8(14)2-3-11(9)17-12/h2-7H,1H3,(H2,15,17). The maximum absolute atomic E-state index is 6.11. The quantitative estimate of drug-likeness (QED) is 0.687. The number of anilines is 1. The average molecular weight is 350 g/mol. The number of rotatable bonds is 1. The van der Waals surface area contributed by atoms with Crippen LogP contribution < -0.4 is 5.73 Å². The predicted molar refractivity (Wildman–Crippen MR) is 81.1 cm³/mol. The number of nitrogen functional groups attached to an aromatic ring is 1. The zero-order valence-electron chi connectivity index (χ0n) is 9.76. The van der Waals surface area contributed by atoms with Gasteiger partial charge in [0.2, 0.25) is 0 Å². The molecule has 2 heterocycles. The number of pyridine rings is 1. The fourth-order valence-corrected chi connectivity index (χ4v) is 2.47. The van der Waals surface area contributed by atoms with Crippen LogP contribution in [0.4, 0.5) is 5.69 Å². The third-order valence-corrected chi connectivity index (χ3v) is 3.56. The van der Waals surface area contributed by atoms with Gasteiger partial charge in [-0.1, -0.05) is 0 Å². The molecule has 0 spiro atoms. The van der Waals surface area contributed by atoms with Crippen molar-refractivity contribution in [2.24, 2.45) is 7.05 Å². The van der Waals surface area contributed by atoms with Crippen LogP contribution in [0.5, 0.6) is 0 Å². The molecule has 90 valence electrons. The van der Waals surface area contributed by atoms with Gasteiger partial charge in [-0.15, -0.1) is 0 Å². The maximum atomic E-state index is 6.11. The van der Waals surface area contributed by atoms with Gasteiger partial charge in [0.1, 0.15) is 0 Å². The largest absolute Gasteiger partial charge is 0.398 e. The van der Waals surface area contributed by atoms with E-state index in [2.05, 4.69) is 32.7 Å². The van der Waals surface area contributed by atoms with Crippen molar-refractivity contribution in [1.29, 1.82) is 0 Å². The second-order valence-electron chi connectivity index (χ2n) is 4.10. The second-order valence-corrected chi connectivity index (χ2v) is 5.34. The Bertz CT molecular complexity index is 733. The molecule has 0 aliphatic carbocycles. The zero-order chi connectivity index (χ0) is 12.7. The van der Waals surface area contributed by atoms with Crippen molar-refractivity contribution in [3.8, 4) is 11.4 Å². The van der Waals surface area contributed by atoms with Crippen LogP contribution >= 0.6 is 22.6 Å². The summed E-state index contributed by atoms with van der Waals surface area (Å²) in [6.07, 6.45) is 1.76. The highest BCUT2D eigenvalue weighted by atomic mass is 127. The number of nitrogens with two attached hydrogens (primary N) is 1. The van der Waals surface area contributed by atoms with E-state index in [9.17, 15) is 0 Å². The minimum atomic E-state index is 0.745. The van der Waals surface area contributed by atoms with E-state index < -0.39 is 0 Å². The first kappa shape index (κ1) is 11.5. The van der Waals surface area contributed by atoms with E-state index in [1.54, 1.807) is 10.9 Å². The molecule has 2 N–H and O–H groups in total. The Hall–Kier alpha value is -1.63. The Kier molecular flexibility index (Phi) is 2.70. The summed E-state index contributed by atoms with van der Waals surface area (Å²) in [5.74, 6) is 0. The van der Waals surface area contributed by atoms with Crippen LogP contribution in [0.25, 0.3) is 22.3 Å². The Morgan fingerprint density at radius 1 is 1.22 bits per heavy atom. The fraction of sp³-hybridized carbons (Fsp3) is 0.0769. The predicted octanol–water partition coefficient (Wildman–Crippen LogP) is 2.82. The Morgan fingerprint density at radius 2 is 2.06 bits per heavy atom. The first-order valence-corrected chi connectivity index (χ1v) is 6.57. The highest BCUT2D eigenvalue weighted by Crippen LogP contribution is 2.27. The first-order chi connectivity index (χ1) is 8.65. The highest BCUT2D eigenvalue weighted by molar-refractivity contribution is 14.1. The molecule has 0 saturated heterocycles. The zero-order valence-corrected chi connectivity index (χ0v) is 11.9. The van der Waals surface area contributed by atoms with E-state index in [-0.39, 0.29) is 0 Å². The fourth-order valence-electron chi connectivity index (χ4n) is 1.98. The average Bonchev–Trinajstić information content (AvgIpc) is 2.76. The molecular formula is C13H11IN4. The molecule has 0 aliphatic heterocycles. The van der Waals surface area contributed by atoms with Crippen molar-refractivity contribution in [2.45, 2.75) is 0 Å². The van der Waals surface area contributed by atoms with Crippen LogP contribution in [-0.2, 0) is 7.05 Å². The number of hydrogen-bond donors (Lipinski definition) is 1. The Labute approximate surface area is 118 Å². The minimum absolute atomic E-state index is 0.745. The topological polar surface area (TPSA) is 56.7 Å². The third-order valence-electron chi connectivity index (χ3n) is 2.89. The number of fused-ring (bicyclic) bond motifs is 1. The van der Waals surface area contributed by atoms with Gasteiger partial charge in [-0.25, -0.2) is 4.98 Å². The van der Waals surface area contributed by atoms with Crippen molar-refractivity contribution >= 4 is 39.2 Å². The summed E-state index contributed by atoms with van der Waals surface area (Å²) in [7, 11) is 1.89. The van der Waals surface area contributed by atoms with Crippen molar-refractivity contribution in [2.75, 3.05) is 5.73 Å². The summed E-state index contributed by atoms with van der Waals surface area (Å²) in [6, 6.07) is 9.90. The lowest BCUT2D eigenvalue weighted by molar-refractivity contribution is 0.774. The van der Waals surface area contributed by atoms with Crippen LogP contribution in [0.1, 0.15) is 0 Å². The normalized spacial score (nSPS) is 11.0. The van der Waals surface area contributed by atoms with E-state index in [1.807, 2.05) is 37.4 Å². The van der Waals surface area contributed by atoms with Crippen LogP contribution in [0, 0.1) is 3.57 Å². The van der Waals surface area contributed by atoms with Gasteiger partial charge in [0.25, 0.3) is 0 Å². The van der Waals surface area contributed by atoms with Gasteiger partial charge >= 0.3 is 0 Å². The Balaban J connectivity index is 2.28. The lowest BCUT2D eigenvalue weighted by Crippen LogP contribution is -1.98. The van der Waals surface area contributed by atoms with E-state index in [0.29, 0.717) is 0 Å². The number of aryl methyl sites for hydroxylation is 1. The minimum Gasteiger partial charge on any atom is -0.398 e. The van der Waals surface area contributed by atoms with Gasteiger partial charge < -0.3 is 5.73 Å². The summed E-state index contributed by atoms with van der Waals surface area (Å²) >= 11 is 2.27. The van der Waals surface area contributed by atoms with Gasteiger partial charge in [0.05, 0.1) is 16.9 Å². The summed E-state index contributed by atoms with van der Waals surface area (Å²) < 4.78 is 2.95. The first-order valence-electron chi connectivity index (χ1n) is 5.49. The third kappa shape index (κ3) is 1.84. The van der Waals surface area contributed by atoms with Crippen LogP contribution in [0.2, 0.25) is 0 Å². The molecule has 2 aromatic heterocycles. The van der Waals surface area contributed by atoms with Gasteiger partial charge in [-0.05, 0) is 52.9 Å². The van der Waals surface area contributed by atoms with E-state index in [4.69, 9.17) is 5.73 Å². The number of aromatic nitrogens is 3. The van der Waals surface area contributed by atoms with Crippen LogP contribution in [0.15, 0.2) is 36.5 Å². The van der Waals surface area contributed by atoms with E-state index in [1.165, 1.54) is 0 Å². The molecule has 1 aromatic carbocycles. The van der Waals surface area contributed by atoms with E-state index >= 15 is 0 Å². The number of hydrogen-bond acceptors (Lipinski definition) is 3. The molecule has 0 radical (unpaired) electrons. The van der Waals surface area contributed by atoms with Crippen LogP contribution in [-0.4, -0.2) is 14.8 Å². The molecule has 0 unspecified atom stereocenters. The molecule has 18 heavy (non-hydrogen) atoms. The molecule has 0 saturated carbocycles. The maximum Gasteiger partial charge on any atom is 0.0911 e. The lowest BCUT2D eigenvalue weighted by atomic mass is 10.1.